The van der Waals surface area contributed by atoms with Gasteiger partial charge in [0, 0.05) is 23.6 Å². The SMILES string of the molecule is C[C@H](NC(=O)C(c1cccnc1)N(C(=O)c1ccco1)c1ccc(-c2ccccc2)cc1)c1ccccc1. The molecule has 0 radical (unpaired) electrons. The topological polar surface area (TPSA) is 75.4 Å². The van der Waals surface area contributed by atoms with Crippen molar-refractivity contribution < 1.29 is 14.0 Å². The third-order valence-electron chi connectivity index (χ3n) is 6.37. The lowest BCUT2D eigenvalue weighted by atomic mass is 10.0. The molecule has 2 atom stereocenters. The molecule has 6 heteroatoms. The van der Waals surface area contributed by atoms with Crippen LogP contribution in [0.5, 0.6) is 0 Å². The standard InChI is InChI=1S/C32H27N3O3/c1-23(24-10-4-2-5-11-24)34-31(36)30(27-14-8-20-33-22-27)35(32(37)29-15-9-21-38-29)28-18-16-26(17-19-28)25-12-6-3-7-13-25/h2-23,30H,1H3,(H,34,36)/t23-,30?/m0/s1. The summed E-state index contributed by atoms with van der Waals surface area (Å²) < 4.78 is 5.47. The molecule has 1 N–H and O–H groups in total. The summed E-state index contributed by atoms with van der Waals surface area (Å²) in [7, 11) is 0. The normalized spacial score (nSPS) is 12.3. The monoisotopic (exact) mass is 501 g/mol. The summed E-state index contributed by atoms with van der Waals surface area (Å²) in [6.07, 6.45) is 4.69. The highest BCUT2D eigenvalue weighted by molar-refractivity contribution is 6.08. The summed E-state index contributed by atoms with van der Waals surface area (Å²) in [6, 6.07) is 32.8. The third kappa shape index (κ3) is 5.39. The van der Waals surface area contributed by atoms with E-state index in [0.717, 1.165) is 16.7 Å². The van der Waals surface area contributed by atoms with Crippen molar-refractivity contribution in [1.29, 1.82) is 0 Å². The van der Waals surface area contributed by atoms with Crippen molar-refractivity contribution in [3.8, 4) is 11.1 Å². The highest BCUT2D eigenvalue weighted by Gasteiger charge is 2.35. The van der Waals surface area contributed by atoms with Crippen molar-refractivity contribution in [2.24, 2.45) is 0 Å². The minimum atomic E-state index is -0.991. The number of aromatic nitrogens is 1. The average molecular weight is 502 g/mol. The molecule has 0 saturated heterocycles. The zero-order chi connectivity index (χ0) is 26.3. The first-order valence-electron chi connectivity index (χ1n) is 12.4. The first-order valence-corrected chi connectivity index (χ1v) is 12.4. The van der Waals surface area contributed by atoms with Crippen LogP contribution in [-0.2, 0) is 4.79 Å². The van der Waals surface area contributed by atoms with Gasteiger partial charge < -0.3 is 9.73 Å². The quantitative estimate of drug-likeness (QED) is 0.260. The predicted molar refractivity (Wildman–Crippen MR) is 147 cm³/mol. The molecule has 3 aromatic carbocycles. The van der Waals surface area contributed by atoms with E-state index in [2.05, 4.69) is 10.3 Å². The largest absolute Gasteiger partial charge is 0.459 e. The van der Waals surface area contributed by atoms with Gasteiger partial charge >= 0.3 is 0 Å². The maximum Gasteiger partial charge on any atom is 0.294 e. The second-order valence-electron chi connectivity index (χ2n) is 8.90. The van der Waals surface area contributed by atoms with Crippen molar-refractivity contribution in [3.63, 3.8) is 0 Å². The highest BCUT2D eigenvalue weighted by Crippen LogP contribution is 2.32. The van der Waals surface area contributed by atoms with Crippen LogP contribution in [0.4, 0.5) is 5.69 Å². The second-order valence-corrected chi connectivity index (χ2v) is 8.90. The fourth-order valence-electron chi connectivity index (χ4n) is 4.42. The van der Waals surface area contributed by atoms with E-state index in [1.54, 1.807) is 36.7 Å². The van der Waals surface area contributed by atoms with E-state index >= 15 is 0 Å². The van der Waals surface area contributed by atoms with Gasteiger partial charge in [-0.15, -0.1) is 0 Å². The van der Waals surface area contributed by atoms with Crippen LogP contribution in [0, 0.1) is 0 Å². The summed E-state index contributed by atoms with van der Waals surface area (Å²) in [6.45, 7) is 1.92. The Bertz CT molecular complexity index is 1470. The van der Waals surface area contributed by atoms with Gasteiger partial charge in [0.1, 0.15) is 6.04 Å². The van der Waals surface area contributed by atoms with Crippen LogP contribution in [0.25, 0.3) is 11.1 Å². The van der Waals surface area contributed by atoms with E-state index in [9.17, 15) is 9.59 Å². The average Bonchev–Trinajstić information content (AvgIpc) is 3.52. The molecule has 2 amide bonds. The molecule has 2 aromatic heterocycles. The molecule has 5 rings (SSSR count). The zero-order valence-electron chi connectivity index (χ0n) is 20.9. The third-order valence-corrected chi connectivity index (χ3v) is 6.37. The maximum absolute atomic E-state index is 13.9. The van der Waals surface area contributed by atoms with Crippen LogP contribution in [0.1, 0.15) is 40.7 Å². The number of hydrogen-bond acceptors (Lipinski definition) is 4. The number of benzene rings is 3. The van der Waals surface area contributed by atoms with Crippen molar-refractivity contribution in [2.45, 2.75) is 19.0 Å². The molecule has 0 bridgehead atoms. The van der Waals surface area contributed by atoms with Gasteiger partial charge in [-0.05, 0) is 53.9 Å². The number of carbonyl (C=O) groups is 2. The van der Waals surface area contributed by atoms with E-state index in [-0.39, 0.29) is 17.7 Å². The molecular weight excluding hydrogens is 474 g/mol. The van der Waals surface area contributed by atoms with Gasteiger partial charge in [0.15, 0.2) is 5.76 Å². The van der Waals surface area contributed by atoms with E-state index in [1.807, 2.05) is 91.9 Å². The Morgan fingerprint density at radius 1 is 0.763 bits per heavy atom. The summed E-state index contributed by atoms with van der Waals surface area (Å²) in [5.41, 5.74) is 4.16. The van der Waals surface area contributed by atoms with E-state index in [4.69, 9.17) is 4.42 Å². The minimum Gasteiger partial charge on any atom is -0.459 e. The molecular formula is C32H27N3O3. The summed E-state index contributed by atoms with van der Waals surface area (Å²) in [4.78, 5) is 33.5. The van der Waals surface area contributed by atoms with Gasteiger partial charge in [-0.2, -0.15) is 0 Å². The van der Waals surface area contributed by atoms with Crippen LogP contribution in [-0.4, -0.2) is 16.8 Å². The fraction of sp³-hybridized carbons (Fsp3) is 0.0938. The first-order chi connectivity index (χ1) is 18.6. The Kier molecular flexibility index (Phi) is 7.41. The number of rotatable bonds is 8. The van der Waals surface area contributed by atoms with Crippen LogP contribution in [0.3, 0.4) is 0 Å². The minimum absolute atomic E-state index is 0.134. The van der Waals surface area contributed by atoms with Crippen molar-refractivity contribution in [1.82, 2.24) is 10.3 Å². The Morgan fingerprint density at radius 3 is 2.05 bits per heavy atom. The molecule has 0 aliphatic heterocycles. The lowest BCUT2D eigenvalue weighted by molar-refractivity contribution is -0.123. The fourth-order valence-corrected chi connectivity index (χ4v) is 4.42. The molecule has 6 nitrogen and oxygen atoms in total. The highest BCUT2D eigenvalue weighted by atomic mass is 16.3. The molecule has 188 valence electrons. The molecule has 0 aliphatic rings. The van der Waals surface area contributed by atoms with Gasteiger partial charge in [0.05, 0.1) is 12.3 Å². The first kappa shape index (κ1) is 24.7. The molecule has 0 spiro atoms. The van der Waals surface area contributed by atoms with Gasteiger partial charge in [-0.1, -0.05) is 78.9 Å². The van der Waals surface area contributed by atoms with E-state index in [1.165, 1.54) is 11.2 Å². The van der Waals surface area contributed by atoms with Crippen molar-refractivity contribution in [2.75, 3.05) is 4.90 Å². The molecule has 0 saturated carbocycles. The summed E-state index contributed by atoms with van der Waals surface area (Å²) >= 11 is 0. The lowest BCUT2D eigenvalue weighted by Gasteiger charge is -2.31. The van der Waals surface area contributed by atoms with Crippen molar-refractivity contribution >= 4 is 17.5 Å². The number of nitrogens with one attached hydrogen (secondary N) is 1. The molecule has 1 unspecified atom stereocenters. The number of furan rings is 1. The van der Waals surface area contributed by atoms with E-state index < -0.39 is 11.9 Å². The molecule has 5 aromatic rings. The van der Waals surface area contributed by atoms with Gasteiger partial charge in [0.2, 0.25) is 5.91 Å². The molecule has 2 heterocycles. The Morgan fingerprint density at radius 2 is 1.42 bits per heavy atom. The Labute approximate surface area is 221 Å². The number of nitrogens with zero attached hydrogens (tertiary/aromatic N) is 2. The number of anilines is 1. The van der Waals surface area contributed by atoms with Crippen LogP contribution in [0.2, 0.25) is 0 Å². The lowest BCUT2D eigenvalue weighted by Crippen LogP contribution is -2.44. The summed E-state index contributed by atoms with van der Waals surface area (Å²) in [5.74, 6) is -0.629. The predicted octanol–water partition coefficient (Wildman–Crippen LogP) is 6.61. The zero-order valence-corrected chi connectivity index (χ0v) is 20.9. The smallest absolute Gasteiger partial charge is 0.294 e. The van der Waals surface area contributed by atoms with Gasteiger partial charge in [0.25, 0.3) is 5.91 Å². The number of pyridine rings is 1. The van der Waals surface area contributed by atoms with Gasteiger partial charge in [-0.25, -0.2) is 0 Å². The number of amides is 2. The van der Waals surface area contributed by atoms with Gasteiger partial charge in [-0.3, -0.25) is 19.5 Å². The van der Waals surface area contributed by atoms with Crippen LogP contribution < -0.4 is 10.2 Å². The Hall–Kier alpha value is -4.97. The second kappa shape index (κ2) is 11.4. The number of carbonyl (C=O) groups excluding carboxylic acids is 2. The summed E-state index contributed by atoms with van der Waals surface area (Å²) in [5, 5.41) is 3.09. The molecule has 0 aliphatic carbocycles. The molecule has 0 fully saturated rings. The van der Waals surface area contributed by atoms with Crippen LogP contribution >= 0.6 is 0 Å². The van der Waals surface area contributed by atoms with Crippen molar-refractivity contribution in [3.05, 3.63) is 145 Å². The Balaban J connectivity index is 1.56. The number of hydrogen-bond donors (Lipinski definition) is 1. The maximum atomic E-state index is 13.9. The van der Waals surface area contributed by atoms with Crippen LogP contribution in [0.15, 0.2) is 132 Å². The molecule has 38 heavy (non-hydrogen) atoms. The van der Waals surface area contributed by atoms with E-state index in [0.29, 0.717) is 11.3 Å².